The van der Waals surface area contributed by atoms with E-state index in [9.17, 15) is 19.2 Å². The summed E-state index contributed by atoms with van der Waals surface area (Å²) in [5.41, 5.74) is 0.319. The topological polar surface area (TPSA) is 80.8 Å². The van der Waals surface area contributed by atoms with Crippen LogP contribution in [0.3, 0.4) is 0 Å². The first-order chi connectivity index (χ1) is 16.3. The van der Waals surface area contributed by atoms with Crippen LogP contribution in [0.5, 0.6) is 0 Å². The Morgan fingerprint density at radius 3 is 1.97 bits per heavy atom. The summed E-state index contributed by atoms with van der Waals surface area (Å²) >= 11 is 5.99. The van der Waals surface area contributed by atoms with Gasteiger partial charge in [-0.2, -0.15) is 0 Å². The number of hydrogen-bond acceptors (Lipinski definition) is 5. The van der Waals surface area contributed by atoms with E-state index in [1.54, 1.807) is 60.7 Å². The molecule has 2 heterocycles. The molecule has 168 valence electrons. The van der Waals surface area contributed by atoms with Gasteiger partial charge in [0.25, 0.3) is 0 Å². The van der Waals surface area contributed by atoms with Gasteiger partial charge in [-0.05, 0) is 36.8 Å². The highest BCUT2D eigenvalue weighted by atomic mass is 35.5. The van der Waals surface area contributed by atoms with Crippen LogP contribution in [0.15, 0.2) is 72.8 Å². The second-order valence-electron chi connectivity index (χ2n) is 8.88. The zero-order valence-corrected chi connectivity index (χ0v) is 18.8. The van der Waals surface area contributed by atoms with Crippen molar-refractivity contribution in [1.29, 1.82) is 0 Å². The molecule has 6 nitrogen and oxygen atoms in total. The third-order valence-corrected chi connectivity index (χ3v) is 7.26. The number of aryl methyl sites for hydroxylation is 1. The van der Waals surface area contributed by atoms with Gasteiger partial charge < -0.3 is 4.74 Å². The van der Waals surface area contributed by atoms with Crippen LogP contribution in [0.25, 0.3) is 0 Å². The number of rotatable bonds is 2. The van der Waals surface area contributed by atoms with Gasteiger partial charge in [0.05, 0.1) is 23.6 Å². The Morgan fingerprint density at radius 1 is 0.794 bits per heavy atom. The molecule has 2 aliphatic heterocycles. The van der Waals surface area contributed by atoms with Gasteiger partial charge in [-0.15, -0.1) is 0 Å². The molecule has 3 aromatic carbocycles. The fourth-order valence-electron chi connectivity index (χ4n) is 5.42. The summed E-state index contributed by atoms with van der Waals surface area (Å²) < 4.78 is 6.27. The molecular formula is C27H18ClNO5. The Balaban J connectivity index is 1.54. The van der Waals surface area contributed by atoms with Gasteiger partial charge in [-0.3, -0.25) is 19.2 Å². The Labute approximate surface area is 200 Å². The molecule has 7 heteroatoms. The molecule has 3 aromatic rings. The summed E-state index contributed by atoms with van der Waals surface area (Å²) in [7, 11) is 0. The Morgan fingerprint density at radius 2 is 1.38 bits per heavy atom. The molecule has 2 fully saturated rings. The van der Waals surface area contributed by atoms with Gasteiger partial charge in [0.2, 0.25) is 29.0 Å². The van der Waals surface area contributed by atoms with Crippen molar-refractivity contribution in [2.75, 3.05) is 4.90 Å². The molecule has 0 radical (unpaired) electrons. The average Bonchev–Trinajstić information content (AvgIpc) is 3.40. The highest BCUT2D eigenvalue weighted by Crippen LogP contribution is 2.57. The van der Waals surface area contributed by atoms with Gasteiger partial charge >= 0.3 is 0 Å². The van der Waals surface area contributed by atoms with Crippen LogP contribution in [0.2, 0.25) is 5.02 Å². The van der Waals surface area contributed by atoms with E-state index >= 15 is 0 Å². The van der Waals surface area contributed by atoms with Gasteiger partial charge in [0, 0.05) is 16.1 Å². The number of anilines is 1. The quantitative estimate of drug-likeness (QED) is 0.410. The van der Waals surface area contributed by atoms with E-state index in [2.05, 4.69) is 0 Å². The maximum Gasteiger partial charge on any atom is 0.241 e. The predicted molar refractivity (Wildman–Crippen MR) is 124 cm³/mol. The highest BCUT2D eigenvalue weighted by molar-refractivity contribution is 6.37. The summed E-state index contributed by atoms with van der Waals surface area (Å²) in [6, 6.07) is 20.1. The number of carbonyl (C=O) groups excluding carboxylic acids is 4. The number of fused-ring (bicyclic) bond motifs is 3. The van der Waals surface area contributed by atoms with Gasteiger partial charge in [-0.25, -0.2) is 4.90 Å². The minimum Gasteiger partial charge on any atom is -0.349 e. The molecule has 0 bridgehead atoms. The lowest BCUT2D eigenvalue weighted by Crippen LogP contribution is -2.51. The van der Waals surface area contributed by atoms with Crippen molar-refractivity contribution in [2.45, 2.75) is 18.6 Å². The first kappa shape index (κ1) is 21.0. The SMILES string of the molecule is Cc1ccc([C@@H]2OC3(C(=O)c4ccccc4C3=O)[C@H]3C(=O)N(c4ccc(Cl)cc4)C(=O)[C@@H]23)cc1. The van der Waals surface area contributed by atoms with Crippen LogP contribution in [0.1, 0.15) is 37.9 Å². The fourth-order valence-corrected chi connectivity index (χ4v) is 5.54. The third kappa shape index (κ3) is 2.61. The molecule has 0 N–H and O–H groups in total. The second-order valence-corrected chi connectivity index (χ2v) is 9.32. The Kier molecular flexibility index (Phi) is 4.43. The van der Waals surface area contributed by atoms with E-state index in [-0.39, 0.29) is 11.1 Å². The molecule has 34 heavy (non-hydrogen) atoms. The Bertz CT molecular complexity index is 1360. The average molecular weight is 472 g/mol. The highest BCUT2D eigenvalue weighted by Gasteiger charge is 2.74. The summed E-state index contributed by atoms with van der Waals surface area (Å²) in [5, 5.41) is 0.456. The molecule has 3 atom stereocenters. The van der Waals surface area contributed by atoms with E-state index in [0.29, 0.717) is 16.3 Å². The molecule has 0 aromatic heterocycles. The molecule has 6 rings (SSSR count). The van der Waals surface area contributed by atoms with Crippen LogP contribution in [0.4, 0.5) is 5.69 Å². The number of nitrogens with zero attached hydrogens (tertiary/aromatic N) is 1. The van der Waals surface area contributed by atoms with E-state index in [0.717, 1.165) is 10.5 Å². The fraction of sp³-hybridized carbons (Fsp3) is 0.185. The van der Waals surface area contributed by atoms with Gasteiger partial charge in [-0.1, -0.05) is 65.7 Å². The summed E-state index contributed by atoms with van der Waals surface area (Å²) in [5.74, 6) is -4.56. The lowest BCUT2D eigenvalue weighted by atomic mass is 9.77. The van der Waals surface area contributed by atoms with Crippen molar-refractivity contribution in [2.24, 2.45) is 11.8 Å². The first-order valence-corrected chi connectivity index (χ1v) is 11.3. The number of ketones is 2. The molecule has 0 saturated carbocycles. The van der Waals surface area contributed by atoms with Gasteiger partial charge in [0.15, 0.2) is 0 Å². The molecule has 1 spiro atoms. The normalized spacial score (nSPS) is 24.8. The van der Waals surface area contributed by atoms with Crippen LogP contribution in [-0.4, -0.2) is 29.0 Å². The standard InChI is InChI=1S/C27H18ClNO5/c1-14-6-8-15(9-7-14)22-20-21(26(33)29(25(20)32)17-12-10-16(28)11-13-17)27(34-22)23(30)18-4-2-3-5-19(18)24(27)31/h2-13,20-22H,1H3/t20-,21-,22+/m1/s1. The van der Waals surface area contributed by atoms with Crippen molar-refractivity contribution in [3.8, 4) is 0 Å². The smallest absolute Gasteiger partial charge is 0.241 e. The molecule has 2 saturated heterocycles. The molecular weight excluding hydrogens is 454 g/mol. The number of halogens is 1. The van der Waals surface area contributed by atoms with Crippen molar-refractivity contribution in [3.05, 3.63) is 100 Å². The van der Waals surface area contributed by atoms with Crippen LogP contribution >= 0.6 is 11.6 Å². The largest absolute Gasteiger partial charge is 0.349 e. The maximum atomic E-state index is 13.8. The number of Topliss-reactive ketones (excluding diaryl/α,β-unsaturated/α-hetero) is 2. The zero-order chi connectivity index (χ0) is 23.8. The lowest BCUT2D eigenvalue weighted by molar-refractivity contribution is -0.127. The molecule has 3 aliphatic rings. The maximum absolute atomic E-state index is 13.8. The monoisotopic (exact) mass is 471 g/mol. The third-order valence-electron chi connectivity index (χ3n) is 7.01. The zero-order valence-electron chi connectivity index (χ0n) is 18.0. The minimum absolute atomic E-state index is 0.209. The number of ether oxygens (including phenoxy) is 1. The van der Waals surface area contributed by atoms with Crippen molar-refractivity contribution < 1.29 is 23.9 Å². The van der Waals surface area contributed by atoms with Crippen LogP contribution < -0.4 is 4.90 Å². The number of imide groups is 1. The summed E-state index contributed by atoms with van der Waals surface area (Å²) in [4.78, 5) is 56.0. The number of amides is 2. The molecule has 2 amide bonds. The van der Waals surface area contributed by atoms with Crippen molar-refractivity contribution >= 4 is 40.7 Å². The first-order valence-electron chi connectivity index (χ1n) is 10.9. The molecule has 1 aliphatic carbocycles. The van der Waals surface area contributed by atoms with Crippen molar-refractivity contribution in [3.63, 3.8) is 0 Å². The summed E-state index contributed by atoms with van der Waals surface area (Å²) in [6.07, 6.45) is -0.929. The van der Waals surface area contributed by atoms with E-state index in [1.807, 2.05) is 19.1 Å². The number of carbonyl (C=O) groups is 4. The second kappa shape index (κ2) is 7.19. The van der Waals surface area contributed by atoms with Gasteiger partial charge in [0.1, 0.15) is 0 Å². The number of benzene rings is 3. The van der Waals surface area contributed by atoms with E-state index < -0.39 is 46.9 Å². The van der Waals surface area contributed by atoms with E-state index in [1.165, 1.54) is 0 Å². The summed E-state index contributed by atoms with van der Waals surface area (Å²) in [6.45, 7) is 1.93. The van der Waals surface area contributed by atoms with E-state index in [4.69, 9.17) is 16.3 Å². The number of hydrogen-bond donors (Lipinski definition) is 0. The minimum atomic E-state index is -2.07. The van der Waals surface area contributed by atoms with Crippen molar-refractivity contribution in [1.82, 2.24) is 0 Å². The van der Waals surface area contributed by atoms with Crippen LogP contribution in [0, 0.1) is 18.8 Å². The van der Waals surface area contributed by atoms with Crippen LogP contribution in [-0.2, 0) is 14.3 Å². The molecule has 0 unspecified atom stereocenters. The Hall–Kier alpha value is -3.61. The predicted octanol–water partition coefficient (Wildman–Crippen LogP) is 4.34. The lowest BCUT2D eigenvalue weighted by Gasteiger charge is -2.27.